The van der Waals surface area contributed by atoms with Gasteiger partial charge in [-0.3, -0.25) is 0 Å². The minimum Gasteiger partial charge on any atom is -0.458 e. The van der Waals surface area contributed by atoms with Gasteiger partial charge in [-0.25, -0.2) is 4.79 Å². The van der Waals surface area contributed by atoms with Crippen molar-refractivity contribution in [1.29, 1.82) is 0 Å². The highest BCUT2D eigenvalue weighted by Crippen LogP contribution is 2.60. The van der Waals surface area contributed by atoms with Crippen molar-refractivity contribution in [2.45, 2.75) is 78.7 Å². The zero-order valence-electron chi connectivity index (χ0n) is 16.9. The summed E-state index contributed by atoms with van der Waals surface area (Å²) in [6.45, 7) is 13.4. The first-order chi connectivity index (χ1) is 12.3. The van der Waals surface area contributed by atoms with Crippen LogP contribution in [0.5, 0.6) is 0 Å². The van der Waals surface area contributed by atoms with Crippen molar-refractivity contribution in [3.8, 4) is 0 Å². The molecule has 1 aliphatic heterocycles. The standard InChI is InChI=1S/C23H35BrO2/c1-14(2)11-18-16(4)22(25)26-21(18)12-15(3)19-8-9-20-17(13-24)7-6-10-23(19,20)5/h13-15,18-21H,4,6-12H2,1-3,5H3/t15-,18+,19-,20+,21-,23-/m1/s1. The number of rotatable bonds is 5. The van der Waals surface area contributed by atoms with Crippen molar-refractivity contribution in [3.63, 3.8) is 0 Å². The van der Waals surface area contributed by atoms with Gasteiger partial charge >= 0.3 is 5.97 Å². The van der Waals surface area contributed by atoms with E-state index in [9.17, 15) is 4.79 Å². The second kappa shape index (κ2) is 7.81. The maximum atomic E-state index is 12.1. The molecule has 2 aliphatic carbocycles. The molecule has 0 aromatic rings. The number of esters is 1. The summed E-state index contributed by atoms with van der Waals surface area (Å²) in [5.41, 5.74) is 2.73. The van der Waals surface area contributed by atoms with Crippen molar-refractivity contribution in [2.75, 3.05) is 0 Å². The molecule has 0 spiro atoms. The van der Waals surface area contributed by atoms with E-state index in [1.54, 1.807) is 5.57 Å². The summed E-state index contributed by atoms with van der Waals surface area (Å²) in [6, 6.07) is 0. The predicted octanol–water partition coefficient (Wildman–Crippen LogP) is 6.65. The van der Waals surface area contributed by atoms with Gasteiger partial charge in [0, 0.05) is 11.5 Å². The van der Waals surface area contributed by atoms with E-state index in [4.69, 9.17) is 4.74 Å². The Hall–Kier alpha value is -0.570. The van der Waals surface area contributed by atoms with Crippen LogP contribution in [0.25, 0.3) is 0 Å². The molecule has 26 heavy (non-hydrogen) atoms. The van der Waals surface area contributed by atoms with E-state index in [1.165, 1.54) is 32.1 Å². The Kier molecular flexibility index (Phi) is 6.06. The average Bonchev–Trinajstić information content (AvgIpc) is 3.06. The molecule has 1 saturated heterocycles. The Morgan fingerprint density at radius 3 is 2.69 bits per heavy atom. The minimum absolute atomic E-state index is 0.0322. The van der Waals surface area contributed by atoms with Crippen LogP contribution in [0.1, 0.15) is 72.6 Å². The van der Waals surface area contributed by atoms with E-state index in [2.05, 4.69) is 55.2 Å². The monoisotopic (exact) mass is 422 g/mol. The molecule has 3 rings (SSSR count). The van der Waals surface area contributed by atoms with E-state index in [-0.39, 0.29) is 18.0 Å². The van der Waals surface area contributed by atoms with Gasteiger partial charge in [-0.1, -0.05) is 55.8 Å². The molecule has 0 radical (unpaired) electrons. The van der Waals surface area contributed by atoms with E-state index >= 15 is 0 Å². The van der Waals surface area contributed by atoms with Gasteiger partial charge in [-0.2, -0.15) is 0 Å². The largest absolute Gasteiger partial charge is 0.458 e. The number of allylic oxidation sites excluding steroid dienone is 1. The fourth-order valence-corrected chi connectivity index (χ4v) is 6.91. The van der Waals surface area contributed by atoms with Crippen LogP contribution in [0.4, 0.5) is 0 Å². The van der Waals surface area contributed by atoms with Crippen LogP contribution in [-0.2, 0) is 9.53 Å². The number of hydrogen-bond donors (Lipinski definition) is 0. The zero-order valence-corrected chi connectivity index (χ0v) is 18.5. The van der Waals surface area contributed by atoms with E-state index < -0.39 is 0 Å². The van der Waals surface area contributed by atoms with Crippen molar-refractivity contribution < 1.29 is 9.53 Å². The number of carbonyl (C=O) groups is 1. The Balaban J connectivity index is 1.72. The summed E-state index contributed by atoms with van der Waals surface area (Å²) in [4.78, 5) is 14.3. The number of ether oxygens (including phenoxy) is 1. The topological polar surface area (TPSA) is 26.3 Å². The Labute approximate surface area is 168 Å². The van der Waals surface area contributed by atoms with Crippen molar-refractivity contribution >= 4 is 21.9 Å². The van der Waals surface area contributed by atoms with Crippen molar-refractivity contribution in [2.24, 2.45) is 35.0 Å². The molecule has 0 aromatic heterocycles. The maximum Gasteiger partial charge on any atom is 0.334 e. The molecule has 0 N–H and O–H groups in total. The second-order valence-corrected chi connectivity index (χ2v) is 10.2. The van der Waals surface area contributed by atoms with Gasteiger partial charge in [0.05, 0.1) is 0 Å². The lowest BCUT2D eigenvalue weighted by Crippen LogP contribution is -2.37. The molecule has 146 valence electrons. The molecule has 6 atom stereocenters. The van der Waals surface area contributed by atoms with Gasteiger partial charge in [0.15, 0.2) is 0 Å². The summed E-state index contributed by atoms with van der Waals surface area (Å²) in [5, 5.41) is 0. The van der Waals surface area contributed by atoms with Crippen molar-refractivity contribution in [1.82, 2.24) is 0 Å². The summed E-state index contributed by atoms with van der Waals surface area (Å²) in [6.07, 6.45) is 8.54. The Morgan fingerprint density at radius 2 is 2.04 bits per heavy atom. The molecule has 0 aromatic carbocycles. The van der Waals surface area contributed by atoms with Crippen LogP contribution in [-0.4, -0.2) is 12.1 Å². The number of fused-ring (bicyclic) bond motifs is 1. The van der Waals surface area contributed by atoms with E-state index in [1.807, 2.05) is 0 Å². The first-order valence-electron chi connectivity index (χ1n) is 10.5. The predicted molar refractivity (Wildman–Crippen MR) is 111 cm³/mol. The first kappa shape index (κ1) is 20.2. The fraction of sp³-hybridized carbons (Fsp3) is 0.783. The highest BCUT2D eigenvalue weighted by molar-refractivity contribution is 9.11. The molecular formula is C23H35BrO2. The maximum absolute atomic E-state index is 12.1. The van der Waals surface area contributed by atoms with Crippen LogP contribution >= 0.6 is 15.9 Å². The molecule has 3 fully saturated rings. The smallest absolute Gasteiger partial charge is 0.334 e. The quantitative estimate of drug-likeness (QED) is 0.365. The molecule has 2 nitrogen and oxygen atoms in total. The van der Waals surface area contributed by atoms with Gasteiger partial charge in [-0.15, -0.1) is 0 Å². The van der Waals surface area contributed by atoms with Gasteiger partial charge in [0.2, 0.25) is 0 Å². The average molecular weight is 423 g/mol. The van der Waals surface area contributed by atoms with Crippen LogP contribution < -0.4 is 0 Å². The Bertz CT molecular complexity index is 593. The summed E-state index contributed by atoms with van der Waals surface area (Å²) in [5.74, 6) is 2.64. The summed E-state index contributed by atoms with van der Waals surface area (Å²) < 4.78 is 5.77. The van der Waals surface area contributed by atoms with Crippen LogP contribution in [0.3, 0.4) is 0 Å². The van der Waals surface area contributed by atoms with E-state index in [0.717, 1.165) is 24.7 Å². The lowest BCUT2D eigenvalue weighted by Gasteiger charge is -2.44. The van der Waals surface area contributed by atoms with Crippen LogP contribution in [0.2, 0.25) is 0 Å². The summed E-state index contributed by atoms with van der Waals surface area (Å²) in [7, 11) is 0. The van der Waals surface area contributed by atoms with Crippen LogP contribution in [0.15, 0.2) is 22.7 Å². The third kappa shape index (κ3) is 3.57. The molecule has 3 aliphatic rings. The van der Waals surface area contributed by atoms with Gasteiger partial charge < -0.3 is 4.74 Å². The molecule has 0 unspecified atom stereocenters. The molecular weight excluding hydrogens is 388 g/mol. The highest BCUT2D eigenvalue weighted by Gasteiger charge is 2.51. The first-order valence-corrected chi connectivity index (χ1v) is 11.4. The third-order valence-corrected chi connectivity index (χ3v) is 8.20. The Morgan fingerprint density at radius 1 is 1.31 bits per heavy atom. The zero-order chi connectivity index (χ0) is 19.1. The molecule has 1 heterocycles. The summed E-state index contributed by atoms with van der Waals surface area (Å²) >= 11 is 3.61. The molecule has 3 heteroatoms. The second-order valence-electron chi connectivity index (χ2n) is 9.70. The normalized spacial score (nSPS) is 40.2. The molecule has 0 amide bonds. The number of halogens is 1. The molecule has 2 saturated carbocycles. The highest BCUT2D eigenvalue weighted by atomic mass is 79.9. The lowest BCUT2D eigenvalue weighted by molar-refractivity contribution is -0.140. The lowest BCUT2D eigenvalue weighted by atomic mass is 9.61. The van der Waals surface area contributed by atoms with Gasteiger partial charge in [0.25, 0.3) is 0 Å². The minimum atomic E-state index is -0.162. The number of carbonyl (C=O) groups excluding carboxylic acids is 1. The SMILES string of the molecule is C=C1C(=O)O[C@H](C[C@@H](C)[C@H]2CC[C@H]3C(=CBr)CCC[C@]23C)[C@H]1CC(C)C. The fourth-order valence-electron chi connectivity index (χ4n) is 6.36. The van der Waals surface area contributed by atoms with E-state index in [0.29, 0.717) is 22.8 Å². The third-order valence-electron chi connectivity index (χ3n) is 7.61. The van der Waals surface area contributed by atoms with Gasteiger partial charge in [-0.05, 0) is 79.0 Å². The van der Waals surface area contributed by atoms with Crippen LogP contribution in [0, 0.1) is 35.0 Å². The number of hydrogen-bond acceptors (Lipinski definition) is 2. The van der Waals surface area contributed by atoms with Crippen molar-refractivity contribution in [3.05, 3.63) is 22.7 Å². The number of cyclic esters (lactones) is 1. The molecule has 0 bridgehead atoms. The van der Waals surface area contributed by atoms with Gasteiger partial charge in [0.1, 0.15) is 6.10 Å².